The number of non-ortho nitro benzene ring substituents is 1. The van der Waals surface area contributed by atoms with Gasteiger partial charge in [-0.15, -0.1) is 0 Å². The third-order valence-electron chi connectivity index (χ3n) is 5.55. The standard InChI is InChI=1S/C25H22N4O5S/c1-15-5-4-6-19(11-15)26-23(30)14-27-24(31)22(35-25(27)32)13-18-12-16(2)28(17(18)3)20-7-9-21(10-8-20)29(33)34/h4-13H,14H2,1-3H3,(H,26,30)/b22-13+. The molecule has 0 atom stereocenters. The Labute approximate surface area is 205 Å². The molecular weight excluding hydrogens is 468 g/mol. The summed E-state index contributed by atoms with van der Waals surface area (Å²) >= 11 is 0.786. The van der Waals surface area contributed by atoms with E-state index >= 15 is 0 Å². The minimum absolute atomic E-state index is 0.00320. The van der Waals surface area contributed by atoms with Crippen LogP contribution in [0, 0.1) is 30.9 Å². The van der Waals surface area contributed by atoms with Crippen molar-refractivity contribution < 1.29 is 19.3 Å². The normalized spacial score (nSPS) is 14.6. The largest absolute Gasteiger partial charge is 0.325 e. The molecule has 1 saturated heterocycles. The smallest absolute Gasteiger partial charge is 0.294 e. The average Bonchev–Trinajstić information content (AvgIpc) is 3.23. The molecule has 1 aliphatic heterocycles. The summed E-state index contributed by atoms with van der Waals surface area (Å²) in [5.74, 6) is -0.991. The fourth-order valence-corrected chi connectivity index (χ4v) is 4.73. The van der Waals surface area contributed by atoms with E-state index < -0.39 is 22.0 Å². The Kier molecular flexibility index (Phi) is 6.57. The molecule has 0 bridgehead atoms. The summed E-state index contributed by atoms with van der Waals surface area (Å²) in [4.78, 5) is 49.4. The van der Waals surface area contributed by atoms with Crippen LogP contribution in [0.1, 0.15) is 22.5 Å². The number of imide groups is 1. The number of carbonyl (C=O) groups is 3. The molecule has 0 saturated carbocycles. The summed E-state index contributed by atoms with van der Waals surface area (Å²) in [5.41, 5.74) is 4.71. The van der Waals surface area contributed by atoms with Crippen molar-refractivity contribution in [3.63, 3.8) is 0 Å². The van der Waals surface area contributed by atoms with Gasteiger partial charge >= 0.3 is 0 Å². The van der Waals surface area contributed by atoms with E-state index in [-0.39, 0.29) is 17.1 Å². The molecule has 4 rings (SSSR count). The average molecular weight is 491 g/mol. The fraction of sp³-hybridized carbons (Fsp3) is 0.160. The Morgan fingerprint density at radius 2 is 1.80 bits per heavy atom. The van der Waals surface area contributed by atoms with Crippen LogP contribution in [0.5, 0.6) is 0 Å². The summed E-state index contributed by atoms with van der Waals surface area (Å²) in [5, 5.41) is 13.1. The Hall–Kier alpha value is -4.18. The van der Waals surface area contributed by atoms with Crippen molar-refractivity contribution >= 4 is 46.3 Å². The molecule has 2 heterocycles. The summed E-state index contributed by atoms with van der Waals surface area (Å²) in [6.07, 6.45) is 1.63. The first-order chi connectivity index (χ1) is 16.6. The number of amides is 3. The van der Waals surface area contributed by atoms with Crippen LogP contribution < -0.4 is 5.32 Å². The zero-order valence-corrected chi connectivity index (χ0v) is 20.1. The van der Waals surface area contributed by atoms with Gasteiger partial charge in [0.25, 0.3) is 16.8 Å². The summed E-state index contributed by atoms with van der Waals surface area (Å²) < 4.78 is 1.91. The molecule has 1 aliphatic rings. The second-order valence-corrected chi connectivity index (χ2v) is 9.11. The minimum Gasteiger partial charge on any atom is -0.325 e. The number of carbonyl (C=O) groups excluding carboxylic acids is 3. The SMILES string of the molecule is Cc1cccc(NC(=O)CN2C(=O)S/C(=C/c3cc(C)n(-c4ccc([N+](=O)[O-])cc4)c3C)C2=O)c1. The Balaban J connectivity index is 1.53. The number of aryl methyl sites for hydroxylation is 2. The molecule has 3 aromatic rings. The molecule has 178 valence electrons. The maximum Gasteiger partial charge on any atom is 0.294 e. The molecule has 0 aliphatic carbocycles. The van der Waals surface area contributed by atoms with Crippen molar-refractivity contribution in [3.8, 4) is 5.69 Å². The van der Waals surface area contributed by atoms with Gasteiger partial charge in [-0.3, -0.25) is 29.4 Å². The van der Waals surface area contributed by atoms with E-state index in [1.165, 1.54) is 12.1 Å². The molecule has 0 spiro atoms. The summed E-state index contributed by atoms with van der Waals surface area (Å²) in [6.45, 7) is 5.26. The Bertz CT molecular complexity index is 1390. The number of aromatic nitrogens is 1. The van der Waals surface area contributed by atoms with E-state index in [1.807, 2.05) is 37.5 Å². The molecule has 1 aromatic heterocycles. The van der Waals surface area contributed by atoms with Crippen LogP contribution in [0.25, 0.3) is 11.8 Å². The first-order valence-corrected chi connectivity index (χ1v) is 11.5. The van der Waals surface area contributed by atoms with Gasteiger partial charge in [-0.05, 0) is 80.1 Å². The zero-order valence-electron chi connectivity index (χ0n) is 19.3. The zero-order chi connectivity index (χ0) is 25.3. The molecule has 9 nitrogen and oxygen atoms in total. The van der Waals surface area contributed by atoms with Gasteiger partial charge in [-0.25, -0.2) is 0 Å². The van der Waals surface area contributed by atoms with Gasteiger partial charge in [0.2, 0.25) is 5.91 Å². The van der Waals surface area contributed by atoms with Crippen molar-refractivity contribution in [2.24, 2.45) is 0 Å². The van der Waals surface area contributed by atoms with E-state index in [1.54, 1.807) is 36.4 Å². The predicted octanol–water partition coefficient (Wildman–Crippen LogP) is 4.99. The van der Waals surface area contributed by atoms with Gasteiger partial charge in [0.15, 0.2) is 0 Å². The molecule has 0 radical (unpaired) electrons. The van der Waals surface area contributed by atoms with Crippen molar-refractivity contribution in [1.82, 2.24) is 9.47 Å². The van der Waals surface area contributed by atoms with Gasteiger partial charge in [0.1, 0.15) is 6.54 Å². The molecule has 0 unspecified atom stereocenters. The van der Waals surface area contributed by atoms with Crippen LogP contribution in [0.4, 0.5) is 16.2 Å². The number of hydrogen-bond acceptors (Lipinski definition) is 6. The predicted molar refractivity (Wildman–Crippen MR) is 134 cm³/mol. The second-order valence-electron chi connectivity index (χ2n) is 8.12. The molecule has 3 amide bonds. The first kappa shape index (κ1) is 24.0. The molecule has 1 fully saturated rings. The molecular formula is C25H22N4O5S. The second kappa shape index (κ2) is 9.59. The summed E-state index contributed by atoms with van der Waals surface area (Å²) in [6, 6.07) is 15.3. The monoisotopic (exact) mass is 490 g/mol. The topological polar surface area (TPSA) is 115 Å². The molecule has 10 heteroatoms. The highest BCUT2D eigenvalue weighted by atomic mass is 32.2. The van der Waals surface area contributed by atoms with E-state index in [4.69, 9.17) is 0 Å². The van der Waals surface area contributed by atoms with Crippen molar-refractivity contribution in [3.05, 3.63) is 92.1 Å². The minimum atomic E-state index is -0.528. The van der Waals surface area contributed by atoms with Crippen LogP contribution in [0.2, 0.25) is 0 Å². The number of nitro benzene ring substituents is 1. The first-order valence-electron chi connectivity index (χ1n) is 10.7. The third kappa shape index (κ3) is 5.02. The number of hydrogen-bond donors (Lipinski definition) is 1. The van der Waals surface area contributed by atoms with Gasteiger partial charge in [0.05, 0.1) is 9.83 Å². The highest BCUT2D eigenvalue weighted by Gasteiger charge is 2.36. The number of nitrogens with zero attached hydrogens (tertiary/aromatic N) is 3. The Morgan fingerprint density at radius 3 is 2.46 bits per heavy atom. The van der Waals surface area contributed by atoms with E-state index in [2.05, 4.69) is 5.32 Å². The van der Waals surface area contributed by atoms with Gasteiger partial charge in [-0.1, -0.05) is 12.1 Å². The number of anilines is 1. The van der Waals surface area contributed by atoms with Crippen LogP contribution in [0.3, 0.4) is 0 Å². The van der Waals surface area contributed by atoms with Crippen molar-refractivity contribution in [2.45, 2.75) is 20.8 Å². The van der Waals surface area contributed by atoms with E-state index in [0.717, 1.165) is 44.9 Å². The number of thioether (sulfide) groups is 1. The number of nitro groups is 1. The van der Waals surface area contributed by atoms with E-state index in [0.29, 0.717) is 5.69 Å². The van der Waals surface area contributed by atoms with Gasteiger partial charge in [0, 0.05) is 34.9 Å². The lowest BCUT2D eigenvalue weighted by atomic mass is 10.2. The van der Waals surface area contributed by atoms with Crippen molar-refractivity contribution in [1.29, 1.82) is 0 Å². The lowest BCUT2D eigenvalue weighted by Crippen LogP contribution is -2.36. The number of benzene rings is 2. The van der Waals surface area contributed by atoms with Crippen LogP contribution in [-0.4, -0.2) is 38.0 Å². The van der Waals surface area contributed by atoms with Gasteiger partial charge < -0.3 is 9.88 Å². The maximum absolute atomic E-state index is 12.9. The van der Waals surface area contributed by atoms with E-state index in [9.17, 15) is 24.5 Å². The van der Waals surface area contributed by atoms with Crippen LogP contribution in [-0.2, 0) is 9.59 Å². The molecule has 2 aromatic carbocycles. The van der Waals surface area contributed by atoms with Crippen LogP contribution >= 0.6 is 11.8 Å². The lowest BCUT2D eigenvalue weighted by molar-refractivity contribution is -0.384. The van der Waals surface area contributed by atoms with Crippen LogP contribution in [0.15, 0.2) is 59.5 Å². The third-order valence-corrected chi connectivity index (χ3v) is 6.46. The fourth-order valence-electron chi connectivity index (χ4n) is 3.90. The Morgan fingerprint density at radius 1 is 1.09 bits per heavy atom. The highest BCUT2D eigenvalue weighted by Crippen LogP contribution is 2.34. The lowest BCUT2D eigenvalue weighted by Gasteiger charge is -2.12. The number of nitrogens with one attached hydrogen (secondary N) is 1. The molecule has 1 N–H and O–H groups in total. The van der Waals surface area contributed by atoms with Crippen molar-refractivity contribution in [2.75, 3.05) is 11.9 Å². The summed E-state index contributed by atoms with van der Waals surface area (Å²) in [7, 11) is 0. The molecule has 35 heavy (non-hydrogen) atoms. The maximum atomic E-state index is 12.9. The highest BCUT2D eigenvalue weighted by molar-refractivity contribution is 8.18. The number of rotatable bonds is 6. The quantitative estimate of drug-likeness (QED) is 0.296. The van der Waals surface area contributed by atoms with Gasteiger partial charge in [-0.2, -0.15) is 0 Å².